The Morgan fingerprint density at radius 2 is 2.00 bits per heavy atom. The lowest BCUT2D eigenvalue weighted by molar-refractivity contribution is 0.303. The maximum atomic E-state index is 12.4. The van der Waals surface area contributed by atoms with Crippen molar-refractivity contribution in [3.8, 4) is 5.75 Å². The smallest absolute Gasteiger partial charge is 0.289 e. The zero-order valence-corrected chi connectivity index (χ0v) is 7.31. The van der Waals surface area contributed by atoms with Crippen molar-refractivity contribution in [3.63, 3.8) is 0 Å². The van der Waals surface area contributed by atoms with Crippen molar-refractivity contribution >= 4 is 11.6 Å². The van der Waals surface area contributed by atoms with E-state index < -0.39 is 6.01 Å². The minimum absolute atomic E-state index is 0.440. The molecule has 1 rings (SSSR count). The van der Waals surface area contributed by atoms with Gasteiger partial charge in [-0.05, 0) is 19.1 Å². The van der Waals surface area contributed by atoms with E-state index in [2.05, 4.69) is 4.74 Å². The number of ether oxygens (including phenoxy) is 1. The van der Waals surface area contributed by atoms with Gasteiger partial charge < -0.3 is 4.74 Å². The van der Waals surface area contributed by atoms with Crippen LogP contribution in [0.4, 0.5) is 4.39 Å². The number of benzene rings is 1. The molecule has 0 heterocycles. The van der Waals surface area contributed by atoms with E-state index in [0.29, 0.717) is 5.75 Å². The Balaban J connectivity index is 2.71. The average molecular weight is 187 g/mol. The molecule has 0 N–H and O–H groups in total. The van der Waals surface area contributed by atoms with Crippen molar-refractivity contribution in [1.29, 1.82) is 0 Å². The molecule has 3 heteroatoms. The van der Waals surface area contributed by atoms with Gasteiger partial charge in [-0.2, -0.15) is 4.39 Å². The summed E-state index contributed by atoms with van der Waals surface area (Å²) in [5.74, 6) is 0.440. The first-order valence-electron chi connectivity index (χ1n) is 3.43. The van der Waals surface area contributed by atoms with E-state index in [-0.39, 0.29) is 0 Å². The quantitative estimate of drug-likeness (QED) is 0.644. The van der Waals surface area contributed by atoms with Gasteiger partial charge in [0.1, 0.15) is 5.75 Å². The molecule has 0 aromatic heterocycles. The Labute approximate surface area is 75.4 Å². The van der Waals surface area contributed by atoms with E-state index in [1.165, 1.54) is 0 Å². The first-order valence-corrected chi connectivity index (χ1v) is 3.86. The summed E-state index contributed by atoms with van der Waals surface area (Å²) in [6.07, 6.45) is 0. The second-order valence-electron chi connectivity index (χ2n) is 2.33. The largest absolute Gasteiger partial charge is 0.431 e. The summed E-state index contributed by atoms with van der Waals surface area (Å²) in [6, 6.07) is 6.21. The Bertz CT molecular complexity index is 279. The van der Waals surface area contributed by atoms with Crippen LogP contribution >= 0.6 is 11.6 Å². The summed E-state index contributed by atoms with van der Waals surface area (Å²) in [4.78, 5) is 0. The zero-order valence-electron chi connectivity index (χ0n) is 6.55. The number of aryl methyl sites for hydroxylation is 1. The highest BCUT2D eigenvalue weighted by Gasteiger charge is 1.96. The fraction of sp³-hybridized carbons (Fsp3) is 0.111. The van der Waals surface area contributed by atoms with Crippen LogP contribution < -0.4 is 4.74 Å². The van der Waals surface area contributed by atoms with Gasteiger partial charge >= 0.3 is 0 Å². The van der Waals surface area contributed by atoms with Crippen LogP contribution in [0.15, 0.2) is 35.8 Å². The molecule has 1 nitrogen and oxygen atoms in total. The van der Waals surface area contributed by atoms with Gasteiger partial charge in [-0.1, -0.05) is 29.3 Å². The lowest BCUT2D eigenvalue weighted by Crippen LogP contribution is -1.87. The SMILES string of the molecule is Cc1ccc(O/C(F)=C/Cl)cc1. The van der Waals surface area contributed by atoms with Crippen LogP contribution in [0.25, 0.3) is 0 Å². The molecule has 0 aliphatic carbocycles. The second kappa shape index (κ2) is 4.12. The Kier molecular flexibility index (Phi) is 3.11. The van der Waals surface area contributed by atoms with E-state index in [4.69, 9.17) is 11.6 Å². The van der Waals surface area contributed by atoms with Crippen LogP contribution in [0.3, 0.4) is 0 Å². The minimum Gasteiger partial charge on any atom is -0.431 e. The van der Waals surface area contributed by atoms with Crippen LogP contribution in [-0.4, -0.2) is 0 Å². The summed E-state index contributed by atoms with van der Waals surface area (Å²) in [5.41, 5.74) is 1.84. The minimum atomic E-state index is -0.805. The van der Waals surface area contributed by atoms with Crippen LogP contribution in [0.2, 0.25) is 0 Å². The Morgan fingerprint density at radius 1 is 1.42 bits per heavy atom. The Hall–Kier alpha value is -1.02. The second-order valence-corrected chi connectivity index (χ2v) is 2.55. The topological polar surface area (TPSA) is 9.23 Å². The van der Waals surface area contributed by atoms with Gasteiger partial charge in [0.15, 0.2) is 0 Å². The first kappa shape index (κ1) is 9.07. The summed E-state index contributed by atoms with van der Waals surface area (Å²) >= 11 is 5.07. The van der Waals surface area contributed by atoms with Crippen LogP contribution in [0, 0.1) is 6.92 Å². The molecule has 0 atom stereocenters. The molecule has 12 heavy (non-hydrogen) atoms. The van der Waals surface area contributed by atoms with Gasteiger partial charge in [0, 0.05) is 0 Å². The van der Waals surface area contributed by atoms with Crippen molar-refractivity contribution in [2.45, 2.75) is 6.92 Å². The van der Waals surface area contributed by atoms with Crippen molar-refractivity contribution in [1.82, 2.24) is 0 Å². The van der Waals surface area contributed by atoms with Crippen molar-refractivity contribution in [2.24, 2.45) is 0 Å². The van der Waals surface area contributed by atoms with Gasteiger partial charge in [-0.15, -0.1) is 0 Å². The molecule has 1 aromatic rings. The maximum Gasteiger partial charge on any atom is 0.289 e. The van der Waals surface area contributed by atoms with E-state index in [1.807, 2.05) is 19.1 Å². The average Bonchev–Trinajstić information content (AvgIpc) is 2.09. The molecular formula is C9H8ClFO. The van der Waals surface area contributed by atoms with Gasteiger partial charge in [0.25, 0.3) is 6.01 Å². The van der Waals surface area contributed by atoms with Gasteiger partial charge in [0.05, 0.1) is 5.54 Å². The molecule has 0 bridgehead atoms. The number of hydrogen-bond donors (Lipinski definition) is 0. The fourth-order valence-corrected chi connectivity index (χ4v) is 0.786. The van der Waals surface area contributed by atoms with Gasteiger partial charge in [0.2, 0.25) is 0 Å². The molecule has 0 unspecified atom stereocenters. The standard InChI is InChI=1S/C9H8ClFO/c1-7-2-4-8(5-3-7)12-9(11)6-10/h2-6H,1H3/b9-6+. The van der Waals surface area contributed by atoms with Crippen LogP contribution in [0.5, 0.6) is 5.75 Å². The number of hydrogen-bond acceptors (Lipinski definition) is 1. The number of rotatable bonds is 2. The molecule has 0 saturated heterocycles. The highest BCUT2D eigenvalue weighted by molar-refractivity contribution is 6.25. The molecule has 0 amide bonds. The normalized spacial score (nSPS) is 11.4. The maximum absolute atomic E-state index is 12.4. The molecule has 64 valence electrons. The summed E-state index contributed by atoms with van der Waals surface area (Å²) in [6.45, 7) is 1.94. The summed E-state index contributed by atoms with van der Waals surface area (Å²) < 4.78 is 17.1. The summed E-state index contributed by atoms with van der Waals surface area (Å²) in [5, 5.41) is 0. The Morgan fingerprint density at radius 3 is 2.50 bits per heavy atom. The zero-order chi connectivity index (χ0) is 8.97. The lowest BCUT2D eigenvalue weighted by Gasteiger charge is -2.00. The predicted octanol–water partition coefficient (Wildman–Crippen LogP) is 3.38. The van der Waals surface area contributed by atoms with Crippen LogP contribution in [0.1, 0.15) is 5.56 Å². The van der Waals surface area contributed by atoms with Gasteiger partial charge in [-0.3, -0.25) is 0 Å². The number of halogens is 2. The lowest BCUT2D eigenvalue weighted by atomic mass is 10.2. The van der Waals surface area contributed by atoms with Crippen molar-refractivity contribution < 1.29 is 9.13 Å². The van der Waals surface area contributed by atoms with E-state index >= 15 is 0 Å². The third-order valence-corrected chi connectivity index (χ3v) is 1.49. The highest BCUT2D eigenvalue weighted by Crippen LogP contribution is 2.15. The monoisotopic (exact) mass is 186 g/mol. The summed E-state index contributed by atoms with van der Waals surface area (Å²) in [7, 11) is 0. The van der Waals surface area contributed by atoms with Crippen LogP contribution in [-0.2, 0) is 0 Å². The van der Waals surface area contributed by atoms with E-state index in [1.54, 1.807) is 12.1 Å². The third kappa shape index (κ3) is 2.55. The highest BCUT2D eigenvalue weighted by atomic mass is 35.5. The molecule has 0 saturated carbocycles. The molecule has 0 aliphatic rings. The molecule has 1 aromatic carbocycles. The van der Waals surface area contributed by atoms with E-state index in [0.717, 1.165) is 11.1 Å². The van der Waals surface area contributed by atoms with Crippen molar-refractivity contribution in [3.05, 3.63) is 41.4 Å². The van der Waals surface area contributed by atoms with E-state index in [9.17, 15) is 4.39 Å². The molecule has 0 aliphatic heterocycles. The molecule has 0 spiro atoms. The first-order chi connectivity index (χ1) is 5.72. The molecule has 0 radical (unpaired) electrons. The fourth-order valence-electron chi connectivity index (χ4n) is 0.741. The van der Waals surface area contributed by atoms with Crippen molar-refractivity contribution in [2.75, 3.05) is 0 Å². The predicted molar refractivity (Wildman–Crippen MR) is 46.9 cm³/mol. The molecule has 0 fully saturated rings. The van der Waals surface area contributed by atoms with Gasteiger partial charge in [-0.25, -0.2) is 0 Å². The third-order valence-electron chi connectivity index (χ3n) is 1.32. The molecular weight excluding hydrogens is 179 g/mol.